The molecule has 0 aliphatic heterocycles. The number of hydrogen-bond acceptors (Lipinski definition) is 3. The second-order valence-corrected chi connectivity index (χ2v) is 5.15. The van der Waals surface area contributed by atoms with Crippen LogP contribution in [0.25, 0.3) is 10.9 Å². The van der Waals surface area contributed by atoms with Crippen molar-refractivity contribution in [3.63, 3.8) is 0 Å². The van der Waals surface area contributed by atoms with E-state index >= 15 is 0 Å². The van der Waals surface area contributed by atoms with E-state index in [1.807, 2.05) is 18.2 Å². The molecule has 3 nitrogen and oxygen atoms in total. The van der Waals surface area contributed by atoms with Gasteiger partial charge in [0.25, 0.3) is 0 Å². The van der Waals surface area contributed by atoms with Crippen LogP contribution in [0.4, 0.5) is 5.69 Å². The maximum Gasteiger partial charge on any atom is 0.0950 e. The zero-order valence-corrected chi connectivity index (χ0v) is 10.7. The van der Waals surface area contributed by atoms with E-state index in [9.17, 15) is 0 Å². The minimum Gasteiger partial charge on any atom is -0.383 e. The molecule has 0 amide bonds. The molecule has 0 fully saturated rings. The van der Waals surface area contributed by atoms with E-state index < -0.39 is 0 Å². The fourth-order valence-electron chi connectivity index (χ4n) is 1.61. The van der Waals surface area contributed by atoms with E-state index in [-0.39, 0.29) is 0 Å². The summed E-state index contributed by atoms with van der Waals surface area (Å²) in [6, 6.07) is 8.07. The summed E-state index contributed by atoms with van der Waals surface area (Å²) in [4.78, 5) is 0. The highest BCUT2D eigenvalue weighted by Gasteiger charge is 2.15. The lowest BCUT2D eigenvalue weighted by atomic mass is 9.90. The molecule has 0 spiro atoms. The second kappa shape index (κ2) is 4.70. The molecule has 1 heterocycles. The maximum atomic E-state index is 4.12. The van der Waals surface area contributed by atoms with Gasteiger partial charge in [-0.3, -0.25) is 0 Å². The SMILES string of the molecule is CCC(C)(C)CNc1cnnc2ccccc12. The van der Waals surface area contributed by atoms with Crippen molar-refractivity contribution in [2.45, 2.75) is 27.2 Å². The van der Waals surface area contributed by atoms with Gasteiger partial charge in [0.2, 0.25) is 0 Å². The van der Waals surface area contributed by atoms with Gasteiger partial charge in [-0.2, -0.15) is 10.2 Å². The number of aromatic nitrogens is 2. The summed E-state index contributed by atoms with van der Waals surface area (Å²) >= 11 is 0. The lowest BCUT2D eigenvalue weighted by molar-refractivity contribution is 0.377. The van der Waals surface area contributed by atoms with Crippen LogP contribution in [0.2, 0.25) is 0 Å². The Labute approximate surface area is 102 Å². The van der Waals surface area contributed by atoms with Crippen molar-refractivity contribution < 1.29 is 0 Å². The summed E-state index contributed by atoms with van der Waals surface area (Å²) in [6.07, 6.45) is 2.95. The Kier molecular flexibility index (Phi) is 3.27. The zero-order chi connectivity index (χ0) is 12.3. The molecule has 3 heteroatoms. The molecule has 0 unspecified atom stereocenters. The fraction of sp³-hybridized carbons (Fsp3) is 0.429. The Morgan fingerprint density at radius 3 is 2.76 bits per heavy atom. The van der Waals surface area contributed by atoms with Crippen molar-refractivity contribution in [2.24, 2.45) is 5.41 Å². The zero-order valence-electron chi connectivity index (χ0n) is 10.7. The van der Waals surface area contributed by atoms with E-state index in [2.05, 4.69) is 42.4 Å². The van der Waals surface area contributed by atoms with Crippen LogP contribution >= 0.6 is 0 Å². The predicted octanol–water partition coefficient (Wildman–Crippen LogP) is 3.48. The summed E-state index contributed by atoms with van der Waals surface area (Å²) < 4.78 is 0. The summed E-state index contributed by atoms with van der Waals surface area (Å²) in [6.45, 7) is 7.68. The van der Waals surface area contributed by atoms with E-state index in [1.165, 1.54) is 0 Å². The number of anilines is 1. The highest BCUT2D eigenvalue weighted by Crippen LogP contribution is 2.24. The second-order valence-electron chi connectivity index (χ2n) is 5.15. The molecule has 1 N–H and O–H groups in total. The number of nitrogens with one attached hydrogen (secondary N) is 1. The van der Waals surface area contributed by atoms with Gasteiger partial charge in [0, 0.05) is 11.9 Å². The number of rotatable bonds is 4. The van der Waals surface area contributed by atoms with Crippen molar-refractivity contribution >= 4 is 16.6 Å². The molecule has 2 aromatic rings. The van der Waals surface area contributed by atoms with Gasteiger partial charge in [-0.05, 0) is 17.9 Å². The minimum atomic E-state index is 0.296. The Balaban J connectivity index is 2.24. The highest BCUT2D eigenvalue weighted by molar-refractivity contribution is 5.90. The molecular weight excluding hydrogens is 210 g/mol. The Bertz CT molecular complexity index is 500. The summed E-state index contributed by atoms with van der Waals surface area (Å²) in [7, 11) is 0. The van der Waals surface area contributed by atoms with E-state index in [0.29, 0.717) is 5.41 Å². The molecule has 0 saturated carbocycles. The topological polar surface area (TPSA) is 37.8 Å². The monoisotopic (exact) mass is 229 g/mol. The quantitative estimate of drug-likeness (QED) is 0.872. The smallest absolute Gasteiger partial charge is 0.0950 e. The van der Waals surface area contributed by atoms with Crippen molar-refractivity contribution in [1.82, 2.24) is 10.2 Å². The molecule has 0 radical (unpaired) electrons. The van der Waals surface area contributed by atoms with Crippen LogP contribution in [0.15, 0.2) is 30.5 Å². The number of benzene rings is 1. The van der Waals surface area contributed by atoms with Crippen LogP contribution in [0, 0.1) is 5.41 Å². The van der Waals surface area contributed by atoms with Gasteiger partial charge in [0.1, 0.15) is 0 Å². The van der Waals surface area contributed by atoms with E-state index in [4.69, 9.17) is 0 Å². The minimum absolute atomic E-state index is 0.296. The van der Waals surface area contributed by atoms with Crippen molar-refractivity contribution in [3.8, 4) is 0 Å². The van der Waals surface area contributed by atoms with Crippen LogP contribution in [-0.4, -0.2) is 16.7 Å². The molecule has 0 aliphatic rings. The number of hydrogen-bond donors (Lipinski definition) is 1. The molecule has 0 atom stereocenters. The Morgan fingerprint density at radius 1 is 1.24 bits per heavy atom. The first-order valence-corrected chi connectivity index (χ1v) is 6.07. The van der Waals surface area contributed by atoms with E-state index in [0.717, 1.165) is 29.6 Å². The van der Waals surface area contributed by atoms with E-state index in [1.54, 1.807) is 6.20 Å². The fourth-order valence-corrected chi connectivity index (χ4v) is 1.61. The molecule has 1 aromatic carbocycles. The molecular formula is C14H19N3. The summed E-state index contributed by atoms with van der Waals surface area (Å²) in [5, 5.41) is 12.8. The summed E-state index contributed by atoms with van der Waals surface area (Å²) in [5.74, 6) is 0. The largest absolute Gasteiger partial charge is 0.383 e. The lowest BCUT2D eigenvalue weighted by Gasteiger charge is -2.23. The molecule has 1 aromatic heterocycles. The van der Waals surface area contributed by atoms with Gasteiger partial charge in [-0.1, -0.05) is 39.0 Å². The average molecular weight is 229 g/mol. The van der Waals surface area contributed by atoms with Gasteiger partial charge in [0.15, 0.2) is 0 Å². The van der Waals surface area contributed by atoms with Crippen molar-refractivity contribution in [1.29, 1.82) is 0 Å². The lowest BCUT2D eigenvalue weighted by Crippen LogP contribution is -2.22. The van der Waals surface area contributed by atoms with Crippen LogP contribution in [0.5, 0.6) is 0 Å². The molecule has 0 bridgehead atoms. The predicted molar refractivity (Wildman–Crippen MR) is 72.1 cm³/mol. The van der Waals surface area contributed by atoms with Crippen LogP contribution in [0.3, 0.4) is 0 Å². The molecule has 0 aliphatic carbocycles. The standard InChI is InChI=1S/C14H19N3/c1-4-14(2,3)10-15-13-9-16-17-12-8-6-5-7-11(12)13/h5-9H,4,10H2,1-3H3,(H,15,17). The Hall–Kier alpha value is -1.64. The molecule has 17 heavy (non-hydrogen) atoms. The van der Waals surface area contributed by atoms with Crippen LogP contribution in [0.1, 0.15) is 27.2 Å². The first-order chi connectivity index (χ1) is 8.12. The van der Waals surface area contributed by atoms with Crippen molar-refractivity contribution in [3.05, 3.63) is 30.5 Å². The average Bonchev–Trinajstić information content (AvgIpc) is 2.36. The van der Waals surface area contributed by atoms with Gasteiger partial charge in [-0.15, -0.1) is 0 Å². The number of fused-ring (bicyclic) bond motifs is 1. The maximum absolute atomic E-state index is 4.12. The van der Waals surface area contributed by atoms with Crippen molar-refractivity contribution in [2.75, 3.05) is 11.9 Å². The van der Waals surface area contributed by atoms with Gasteiger partial charge >= 0.3 is 0 Å². The van der Waals surface area contributed by atoms with Gasteiger partial charge in [-0.25, -0.2) is 0 Å². The molecule has 2 rings (SSSR count). The van der Waals surface area contributed by atoms with Crippen LogP contribution in [-0.2, 0) is 0 Å². The third-order valence-electron chi connectivity index (χ3n) is 3.26. The Morgan fingerprint density at radius 2 is 2.00 bits per heavy atom. The molecule has 90 valence electrons. The third kappa shape index (κ3) is 2.73. The number of nitrogens with zero attached hydrogens (tertiary/aromatic N) is 2. The first kappa shape index (κ1) is 11.8. The van der Waals surface area contributed by atoms with Crippen LogP contribution < -0.4 is 5.32 Å². The van der Waals surface area contributed by atoms with Gasteiger partial charge in [0.05, 0.1) is 17.4 Å². The normalized spacial score (nSPS) is 11.7. The van der Waals surface area contributed by atoms with Gasteiger partial charge < -0.3 is 5.32 Å². The first-order valence-electron chi connectivity index (χ1n) is 6.07. The summed E-state index contributed by atoms with van der Waals surface area (Å²) in [5.41, 5.74) is 2.30. The third-order valence-corrected chi connectivity index (χ3v) is 3.26. The highest BCUT2D eigenvalue weighted by atomic mass is 15.1. The molecule has 0 saturated heterocycles.